The van der Waals surface area contributed by atoms with Gasteiger partial charge in [-0.05, 0) is 50.1 Å². The van der Waals surface area contributed by atoms with Crippen molar-refractivity contribution >= 4 is 21.6 Å². The van der Waals surface area contributed by atoms with Crippen molar-refractivity contribution in [2.24, 2.45) is 0 Å². The Morgan fingerprint density at radius 1 is 1.40 bits per heavy atom. The van der Waals surface area contributed by atoms with Crippen molar-refractivity contribution in [3.63, 3.8) is 0 Å². The fourth-order valence-electron chi connectivity index (χ4n) is 2.25. The number of nitrogens with one attached hydrogen (secondary N) is 1. The Hall–Kier alpha value is -0.620. The van der Waals surface area contributed by atoms with Crippen LogP contribution in [0.4, 0.5) is 0 Å². The van der Waals surface area contributed by atoms with Gasteiger partial charge in [0.05, 0.1) is 4.90 Å². The van der Waals surface area contributed by atoms with E-state index in [1.165, 1.54) is 0 Å². The zero-order valence-electron chi connectivity index (χ0n) is 11.9. The average Bonchev–Trinajstić information content (AvgIpc) is 3.22. The third kappa shape index (κ3) is 3.34. The first-order valence-electron chi connectivity index (χ1n) is 6.95. The van der Waals surface area contributed by atoms with Crippen molar-refractivity contribution in [2.75, 3.05) is 13.6 Å². The Balaban J connectivity index is 2.34. The lowest BCUT2D eigenvalue weighted by molar-refractivity contribution is 0.403. The minimum absolute atomic E-state index is 0.184. The SMILES string of the molecule is CCCN(C1CC1)S(=O)(=O)c1ccc(Cl)c(CNC)c1. The lowest BCUT2D eigenvalue weighted by atomic mass is 10.2. The molecule has 20 heavy (non-hydrogen) atoms. The fourth-order valence-corrected chi connectivity index (χ4v) is 4.27. The maximum Gasteiger partial charge on any atom is 0.243 e. The molecule has 1 saturated carbocycles. The Morgan fingerprint density at radius 2 is 2.10 bits per heavy atom. The zero-order chi connectivity index (χ0) is 14.8. The molecule has 0 spiro atoms. The Bertz CT molecular complexity index is 571. The summed E-state index contributed by atoms with van der Waals surface area (Å²) < 4.78 is 27.1. The molecule has 6 heteroatoms. The van der Waals surface area contributed by atoms with Crippen LogP contribution in [0.5, 0.6) is 0 Å². The lowest BCUT2D eigenvalue weighted by Gasteiger charge is -2.21. The molecule has 1 N–H and O–H groups in total. The highest BCUT2D eigenvalue weighted by molar-refractivity contribution is 7.89. The summed E-state index contributed by atoms with van der Waals surface area (Å²) in [7, 11) is -1.60. The van der Waals surface area contributed by atoms with Crippen LogP contribution in [0.25, 0.3) is 0 Å². The minimum Gasteiger partial charge on any atom is -0.316 e. The first kappa shape index (κ1) is 15.8. The van der Waals surface area contributed by atoms with E-state index < -0.39 is 10.0 Å². The monoisotopic (exact) mass is 316 g/mol. The minimum atomic E-state index is -3.41. The van der Waals surface area contributed by atoms with Gasteiger partial charge < -0.3 is 5.32 Å². The largest absolute Gasteiger partial charge is 0.316 e. The predicted molar refractivity (Wildman–Crippen MR) is 81.4 cm³/mol. The van der Waals surface area contributed by atoms with Crippen LogP contribution in [0.15, 0.2) is 23.1 Å². The molecule has 0 unspecified atom stereocenters. The van der Waals surface area contributed by atoms with Gasteiger partial charge in [0.15, 0.2) is 0 Å². The third-order valence-electron chi connectivity index (χ3n) is 3.39. The molecule has 0 aliphatic heterocycles. The van der Waals surface area contributed by atoms with E-state index >= 15 is 0 Å². The Kier molecular flexibility index (Phi) is 5.07. The van der Waals surface area contributed by atoms with Gasteiger partial charge in [0, 0.05) is 24.2 Å². The van der Waals surface area contributed by atoms with Gasteiger partial charge in [0.2, 0.25) is 10.0 Å². The van der Waals surface area contributed by atoms with E-state index in [1.807, 2.05) is 14.0 Å². The van der Waals surface area contributed by atoms with Crippen LogP contribution in [-0.2, 0) is 16.6 Å². The van der Waals surface area contributed by atoms with Gasteiger partial charge in [-0.2, -0.15) is 4.31 Å². The number of halogens is 1. The molecule has 1 aliphatic carbocycles. The first-order chi connectivity index (χ1) is 9.50. The van der Waals surface area contributed by atoms with Gasteiger partial charge in [-0.25, -0.2) is 8.42 Å². The molecule has 0 radical (unpaired) electrons. The topological polar surface area (TPSA) is 49.4 Å². The normalized spacial score (nSPS) is 15.8. The van der Waals surface area contributed by atoms with Crippen molar-refractivity contribution in [1.82, 2.24) is 9.62 Å². The Labute approximate surface area is 126 Å². The van der Waals surface area contributed by atoms with Gasteiger partial charge in [-0.3, -0.25) is 0 Å². The van der Waals surface area contributed by atoms with Crippen LogP contribution in [0, 0.1) is 0 Å². The molecule has 0 bridgehead atoms. The quantitative estimate of drug-likeness (QED) is 0.841. The molecular weight excluding hydrogens is 296 g/mol. The van der Waals surface area contributed by atoms with Crippen LogP contribution in [-0.4, -0.2) is 32.4 Å². The molecule has 0 saturated heterocycles. The van der Waals surface area contributed by atoms with Crippen molar-refractivity contribution in [3.05, 3.63) is 28.8 Å². The fraction of sp³-hybridized carbons (Fsp3) is 0.571. The van der Waals surface area contributed by atoms with Crippen molar-refractivity contribution in [3.8, 4) is 0 Å². The third-order valence-corrected chi connectivity index (χ3v) is 5.71. The summed E-state index contributed by atoms with van der Waals surface area (Å²) in [6.07, 6.45) is 2.76. The maximum absolute atomic E-state index is 12.7. The lowest BCUT2D eigenvalue weighted by Crippen LogP contribution is -2.33. The first-order valence-corrected chi connectivity index (χ1v) is 8.77. The summed E-state index contributed by atoms with van der Waals surface area (Å²) in [6.45, 7) is 3.13. The average molecular weight is 317 g/mol. The highest BCUT2D eigenvalue weighted by atomic mass is 35.5. The summed E-state index contributed by atoms with van der Waals surface area (Å²) in [4.78, 5) is 0.340. The van der Waals surface area contributed by atoms with Crippen LogP contribution < -0.4 is 5.32 Å². The molecule has 4 nitrogen and oxygen atoms in total. The van der Waals surface area contributed by atoms with E-state index in [0.717, 1.165) is 24.8 Å². The van der Waals surface area contributed by atoms with Gasteiger partial charge in [0.1, 0.15) is 0 Å². The van der Waals surface area contributed by atoms with Crippen LogP contribution in [0.3, 0.4) is 0 Å². The van der Waals surface area contributed by atoms with Crippen LogP contribution in [0.2, 0.25) is 5.02 Å². The molecule has 0 heterocycles. The molecule has 112 valence electrons. The second kappa shape index (κ2) is 6.43. The van der Waals surface area contributed by atoms with E-state index in [-0.39, 0.29) is 6.04 Å². The number of benzene rings is 1. The van der Waals surface area contributed by atoms with Crippen molar-refractivity contribution in [1.29, 1.82) is 0 Å². The summed E-state index contributed by atoms with van der Waals surface area (Å²) in [6, 6.07) is 5.13. The summed E-state index contributed by atoms with van der Waals surface area (Å²) in [5.74, 6) is 0. The maximum atomic E-state index is 12.7. The highest BCUT2D eigenvalue weighted by Crippen LogP contribution is 2.33. The van der Waals surface area contributed by atoms with E-state index in [0.29, 0.717) is 23.0 Å². The number of hydrogen-bond donors (Lipinski definition) is 1. The van der Waals surface area contributed by atoms with E-state index in [4.69, 9.17) is 11.6 Å². The molecule has 2 rings (SSSR count). The molecule has 1 aromatic carbocycles. The van der Waals surface area contributed by atoms with Crippen LogP contribution in [0.1, 0.15) is 31.7 Å². The second-order valence-corrected chi connectivity index (χ2v) is 7.43. The van der Waals surface area contributed by atoms with E-state index in [2.05, 4.69) is 5.32 Å². The van der Waals surface area contributed by atoms with E-state index in [1.54, 1.807) is 22.5 Å². The highest BCUT2D eigenvalue weighted by Gasteiger charge is 2.37. The molecule has 0 amide bonds. The summed E-state index contributed by atoms with van der Waals surface area (Å²) in [5, 5.41) is 3.59. The number of hydrogen-bond acceptors (Lipinski definition) is 3. The molecule has 0 atom stereocenters. The Morgan fingerprint density at radius 3 is 2.65 bits per heavy atom. The van der Waals surface area contributed by atoms with Crippen LogP contribution >= 0.6 is 11.6 Å². The summed E-state index contributed by atoms with van der Waals surface area (Å²) >= 11 is 6.09. The predicted octanol–water partition coefficient (Wildman–Crippen LogP) is 2.62. The van der Waals surface area contributed by atoms with Gasteiger partial charge >= 0.3 is 0 Å². The van der Waals surface area contributed by atoms with Gasteiger partial charge in [0.25, 0.3) is 0 Å². The second-order valence-electron chi connectivity index (χ2n) is 5.13. The van der Waals surface area contributed by atoms with Gasteiger partial charge in [-0.15, -0.1) is 0 Å². The number of sulfonamides is 1. The van der Waals surface area contributed by atoms with Gasteiger partial charge in [-0.1, -0.05) is 18.5 Å². The molecular formula is C14H21ClN2O2S. The smallest absolute Gasteiger partial charge is 0.243 e. The number of rotatable bonds is 7. The van der Waals surface area contributed by atoms with Crippen molar-refractivity contribution < 1.29 is 8.42 Å². The van der Waals surface area contributed by atoms with Crippen molar-refractivity contribution in [2.45, 2.75) is 43.7 Å². The molecule has 0 aromatic heterocycles. The number of nitrogens with zero attached hydrogens (tertiary/aromatic N) is 1. The molecule has 1 aliphatic rings. The zero-order valence-corrected chi connectivity index (χ0v) is 13.5. The summed E-state index contributed by atoms with van der Waals surface area (Å²) in [5.41, 5.74) is 0.808. The standard InChI is InChI=1S/C14H21ClN2O2S/c1-3-8-17(12-4-5-12)20(18,19)13-6-7-14(15)11(9-13)10-16-2/h6-7,9,12,16H,3-5,8,10H2,1-2H3. The molecule has 1 aromatic rings. The molecule has 1 fully saturated rings. The van der Waals surface area contributed by atoms with E-state index in [9.17, 15) is 8.42 Å².